The fourth-order valence-corrected chi connectivity index (χ4v) is 1.43. The number of hydrogen-bond acceptors (Lipinski definition) is 4. The van der Waals surface area contributed by atoms with Crippen LogP contribution in [0.15, 0.2) is 0 Å². The molecule has 3 atom stereocenters. The molecular formula is C8H18N2O2. The number of nitrogens with zero attached hydrogens (tertiary/aromatic N) is 1. The molecule has 1 aliphatic heterocycles. The lowest BCUT2D eigenvalue weighted by Gasteiger charge is -2.21. The number of likely N-dealkylation sites (tertiary alicyclic amines) is 1. The van der Waals surface area contributed by atoms with Crippen LogP contribution in [0.3, 0.4) is 0 Å². The maximum absolute atomic E-state index is 9.21. The van der Waals surface area contributed by atoms with Gasteiger partial charge in [0.1, 0.15) is 0 Å². The van der Waals surface area contributed by atoms with E-state index < -0.39 is 6.10 Å². The Labute approximate surface area is 73.0 Å². The van der Waals surface area contributed by atoms with Gasteiger partial charge < -0.3 is 15.9 Å². The first-order chi connectivity index (χ1) is 5.59. The van der Waals surface area contributed by atoms with Crippen molar-refractivity contribution in [3.8, 4) is 0 Å². The van der Waals surface area contributed by atoms with Gasteiger partial charge in [-0.3, -0.25) is 4.90 Å². The molecule has 1 aliphatic rings. The molecule has 1 fully saturated rings. The van der Waals surface area contributed by atoms with Gasteiger partial charge in [0.2, 0.25) is 0 Å². The number of hydrogen-bond donors (Lipinski definition) is 3. The predicted octanol–water partition coefficient (Wildman–Crippen LogP) is -1.24. The van der Waals surface area contributed by atoms with E-state index in [1.54, 1.807) is 6.92 Å². The van der Waals surface area contributed by atoms with Crippen molar-refractivity contribution in [3.63, 3.8) is 0 Å². The molecule has 0 aromatic rings. The van der Waals surface area contributed by atoms with E-state index in [1.165, 1.54) is 0 Å². The van der Waals surface area contributed by atoms with Crippen LogP contribution in [0.1, 0.15) is 13.3 Å². The minimum atomic E-state index is -0.470. The standard InChI is InChI=1S/C8H18N2O2/c1-6(11)8(9)5-10-3-2-7(12)4-10/h6-8,11-12H,2-5,9H2,1H3/t6-,7?,8-/m1/s1. The van der Waals surface area contributed by atoms with Gasteiger partial charge in [-0.2, -0.15) is 0 Å². The molecule has 1 rings (SSSR count). The predicted molar refractivity (Wildman–Crippen MR) is 46.7 cm³/mol. The highest BCUT2D eigenvalue weighted by Gasteiger charge is 2.22. The molecule has 0 spiro atoms. The van der Waals surface area contributed by atoms with Crippen molar-refractivity contribution in [1.29, 1.82) is 0 Å². The van der Waals surface area contributed by atoms with Crippen LogP contribution in [-0.2, 0) is 0 Å². The van der Waals surface area contributed by atoms with E-state index in [0.717, 1.165) is 13.0 Å². The van der Waals surface area contributed by atoms with E-state index in [0.29, 0.717) is 13.1 Å². The quantitative estimate of drug-likeness (QED) is 0.500. The number of aliphatic hydroxyl groups is 2. The Morgan fingerprint density at radius 1 is 1.67 bits per heavy atom. The van der Waals surface area contributed by atoms with E-state index in [1.807, 2.05) is 0 Å². The highest BCUT2D eigenvalue weighted by Crippen LogP contribution is 2.08. The van der Waals surface area contributed by atoms with Crippen LogP contribution in [0.5, 0.6) is 0 Å². The molecule has 0 saturated carbocycles. The molecule has 1 heterocycles. The Balaban J connectivity index is 2.23. The Bertz CT molecular complexity index is 141. The molecule has 4 nitrogen and oxygen atoms in total. The molecule has 0 bridgehead atoms. The molecular weight excluding hydrogens is 156 g/mol. The summed E-state index contributed by atoms with van der Waals surface area (Å²) in [5, 5.41) is 18.3. The summed E-state index contributed by atoms with van der Waals surface area (Å²) < 4.78 is 0. The number of rotatable bonds is 3. The van der Waals surface area contributed by atoms with E-state index in [9.17, 15) is 5.11 Å². The first-order valence-electron chi connectivity index (χ1n) is 4.43. The maximum atomic E-state index is 9.21. The summed E-state index contributed by atoms with van der Waals surface area (Å²) in [4.78, 5) is 2.09. The number of β-amino-alcohol motifs (C(OH)–C–C–N with tert-alkyl or cyclic N) is 1. The first-order valence-corrected chi connectivity index (χ1v) is 4.43. The second kappa shape index (κ2) is 4.18. The maximum Gasteiger partial charge on any atom is 0.0679 e. The van der Waals surface area contributed by atoms with Gasteiger partial charge in [0.15, 0.2) is 0 Å². The van der Waals surface area contributed by atoms with E-state index in [2.05, 4.69) is 4.90 Å². The summed E-state index contributed by atoms with van der Waals surface area (Å²) in [6.45, 7) is 3.95. The van der Waals surface area contributed by atoms with Crippen molar-refractivity contribution in [2.24, 2.45) is 5.73 Å². The molecule has 0 aromatic heterocycles. The summed E-state index contributed by atoms with van der Waals surface area (Å²) in [5.74, 6) is 0. The Hall–Kier alpha value is -0.160. The second-order valence-corrected chi connectivity index (χ2v) is 3.61. The zero-order chi connectivity index (χ0) is 9.14. The van der Waals surface area contributed by atoms with Crippen LogP contribution < -0.4 is 5.73 Å². The van der Waals surface area contributed by atoms with Crippen molar-refractivity contribution in [1.82, 2.24) is 4.90 Å². The van der Waals surface area contributed by atoms with Crippen LogP contribution in [0, 0.1) is 0 Å². The minimum absolute atomic E-state index is 0.199. The van der Waals surface area contributed by atoms with Crippen molar-refractivity contribution in [2.45, 2.75) is 31.6 Å². The van der Waals surface area contributed by atoms with Gasteiger partial charge in [0, 0.05) is 25.7 Å². The van der Waals surface area contributed by atoms with Crippen molar-refractivity contribution in [2.75, 3.05) is 19.6 Å². The molecule has 1 unspecified atom stereocenters. The van der Waals surface area contributed by atoms with Crippen LogP contribution in [0.2, 0.25) is 0 Å². The molecule has 1 saturated heterocycles. The van der Waals surface area contributed by atoms with Gasteiger partial charge in [-0.1, -0.05) is 0 Å². The monoisotopic (exact) mass is 174 g/mol. The van der Waals surface area contributed by atoms with Crippen LogP contribution >= 0.6 is 0 Å². The van der Waals surface area contributed by atoms with Crippen molar-refractivity contribution in [3.05, 3.63) is 0 Å². The van der Waals surface area contributed by atoms with Gasteiger partial charge in [-0.25, -0.2) is 0 Å². The summed E-state index contributed by atoms with van der Waals surface area (Å²) in [5.41, 5.74) is 5.67. The normalized spacial score (nSPS) is 30.5. The third-order valence-electron chi connectivity index (χ3n) is 2.34. The highest BCUT2D eigenvalue weighted by atomic mass is 16.3. The zero-order valence-electron chi connectivity index (χ0n) is 7.48. The largest absolute Gasteiger partial charge is 0.392 e. The highest BCUT2D eigenvalue weighted by molar-refractivity contribution is 4.79. The third kappa shape index (κ3) is 2.71. The summed E-state index contributed by atoms with van der Waals surface area (Å²) >= 11 is 0. The van der Waals surface area contributed by atoms with E-state index >= 15 is 0 Å². The lowest BCUT2D eigenvalue weighted by molar-refractivity contribution is 0.130. The van der Waals surface area contributed by atoms with Gasteiger partial charge in [-0.05, 0) is 13.3 Å². The number of aliphatic hydroxyl groups excluding tert-OH is 2. The zero-order valence-corrected chi connectivity index (χ0v) is 7.48. The van der Waals surface area contributed by atoms with Crippen LogP contribution in [-0.4, -0.2) is 53.0 Å². The molecule has 0 radical (unpaired) electrons. The Kier molecular flexibility index (Phi) is 3.46. The average Bonchev–Trinajstić information content (AvgIpc) is 2.35. The molecule has 0 amide bonds. The third-order valence-corrected chi connectivity index (χ3v) is 2.34. The van der Waals surface area contributed by atoms with E-state index in [-0.39, 0.29) is 12.1 Å². The Morgan fingerprint density at radius 3 is 2.75 bits per heavy atom. The van der Waals surface area contributed by atoms with Gasteiger partial charge >= 0.3 is 0 Å². The number of nitrogens with two attached hydrogens (primary N) is 1. The summed E-state index contributed by atoms with van der Waals surface area (Å²) in [6, 6.07) is -0.199. The fraction of sp³-hybridized carbons (Fsp3) is 1.00. The molecule has 12 heavy (non-hydrogen) atoms. The molecule has 0 aromatic carbocycles. The SMILES string of the molecule is C[C@@H](O)[C@H](N)CN1CCC(O)C1. The van der Waals surface area contributed by atoms with Crippen molar-refractivity contribution < 1.29 is 10.2 Å². The fourth-order valence-electron chi connectivity index (χ4n) is 1.43. The van der Waals surface area contributed by atoms with Gasteiger partial charge in [-0.15, -0.1) is 0 Å². The summed E-state index contributed by atoms with van der Waals surface area (Å²) in [6.07, 6.45) is 0.154. The topological polar surface area (TPSA) is 69.7 Å². The smallest absolute Gasteiger partial charge is 0.0679 e. The lowest BCUT2D eigenvalue weighted by Crippen LogP contribution is -2.43. The van der Waals surface area contributed by atoms with Crippen LogP contribution in [0.25, 0.3) is 0 Å². The van der Waals surface area contributed by atoms with Crippen LogP contribution in [0.4, 0.5) is 0 Å². The molecule has 4 heteroatoms. The average molecular weight is 174 g/mol. The van der Waals surface area contributed by atoms with Crippen molar-refractivity contribution >= 4 is 0 Å². The van der Waals surface area contributed by atoms with Gasteiger partial charge in [0.25, 0.3) is 0 Å². The molecule has 4 N–H and O–H groups in total. The Morgan fingerprint density at radius 2 is 2.33 bits per heavy atom. The van der Waals surface area contributed by atoms with Gasteiger partial charge in [0.05, 0.1) is 12.2 Å². The second-order valence-electron chi connectivity index (χ2n) is 3.61. The summed E-state index contributed by atoms with van der Waals surface area (Å²) in [7, 11) is 0. The first kappa shape index (κ1) is 9.92. The lowest BCUT2D eigenvalue weighted by atomic mass is 10.2. The van der Waals surface area contributed by atoms with E-state index in [4.69, 9.17) is 10.8 Å². The molecule has 0 aliphatic carbocycles. The molecule has 72 valence electrons. The minimum Gasteiger partial charge on any atom is -0.392 e.